The molecule has 3 aromatic heterocycles. The van der Waals surface area contributed by atoms with Crippen LogP contribution in [0.15, 0.2) is 30.7 Å². The Bertz CT molecular complexity index is 997. The molecule has 0 aromatic carbocycles. The van der Waals surface area contributed by atoms with Gasteiger partial charge >= 0.3 is 6.18 Å². The Kier molecular flexibility index (Phi) is 4.38. The number of hydrogen-bond acceptors (Lipinski definition) is 4. The van der Waals surface area contributed by atoms with E-state index in [4.69, 9.17) is 0 Å². The van der Waals surface area contributed by atoms with Gasteiger partial charge in [0.05, 0.1) is 18.3 Å². The number of aromatic nitrogens is 3. The highest BCUT2D eigenvalue weighted by Gasteiger charge is 2.40. The van der Waals surface area contributed by atoms with E-state index in [9.17, 15) is 18.0 Å². The quantitative estimate of drug-likeness (QED) is 0.758. The third-order valence-electron chi connectivity index (χ3n) is 5.44. The van der Waals surface area contributed by atoms with Crippen molar-refractivity contribution in [2.45, 2.75) is 25.4 Å². The number of fused-ring (bicyclic) bond motifs is 3. The average Bonchev–Trinajstić information content (AvgIpc) is 3.07. The van der Waals surface area contributed by atoms with Gasteiger partial charge in [-0.1, -0.05) is 13.0 Å². The van der Waals surface area contributed by atoms with Gasteiger partial charge in [0.15, 0.2) is 5.65 Å². The van der Waals surface area contributed by atoms with Crippen molar-refractivity contribution < 1.29 is 18.0 Å². The summed E-state index contributed by atoms with van der Waals surface area (Å²) >= 11 is 0. The summed E-state index contributed by atoms with van der Waals surface area (Å²) < 4.78 is 37.9. The molecule has 4 rings (SSSR count). The lowest BCUT2D eigenvalue weighted by Gasteiger charge is -2.36. The van der Waals surface area contributed by atoms with Crippen molar-refractivity contribution in [3.8, 4) is 0 Å². The van der Waals surface area contributed by atoms with Crippen LogP contribution >= 0.6 is 0 Å². The van der Waals surface area contributed by atoms with Crippen LogP contribution in [-0.2, 0) is 4.79 Å². The molecule has 0 amide bonds. The first kappa shape index (κ1) is 17.9. The Morgan fingerprint density at radius 2 is 2.11 bits per heavy atom. The lowest BCUT2D eigenvalue weighted by molar-refractivity contribution is -0.172. The second-order valence-electron chi connectivity index (χ2n) is 7.20. The minimum absolute atomic E-state index is 0.00242. The third-order valence-corrected chi connectivity index (χ3v) is 5.44. The second kappa shape index (κ2) is 6.60. The number of carbonyl (C=O) groups excluding carboxylic acids is 1. The Morgan fingerprint density at radius 1 is 1.33 bits per heavy atom. The number of likely N-dealkylation sites (tertiary alicyclic amines) is 1. The molecule has 8 heteroatoms. The summed E-state index contributed by atoms with van der Waals surface area (Å²) in [6, 6.07) is 3.89. The van der Waals surface area contributed by atoms with E-state index >= 15 is 0 Å². The number of aromatic amines is 1. The Hall–Kier alpha value is -2.48. The van der Waals surface area contributed by atoms with Gasteiger partial charge in [0, 0.05) is 35.6 Å². The summed E-state index contributed by atoms with van der Waals surface area (Å²) in [4.78, 5) is 25.0. The van der Waals surface area contributed by atoms with Crippen molar-refractivity contribution in [1.82, 2.24) is 19.9 Å². The standard InChI is InChI=1S/C19H19F3N4O/c1-11-4-6-26(10-16(27)19(20,21)22)9-14(11)13-7-24-18-17(13)12-3-2-5-23-15(12)8-25-18/h2-3,5,7-8,11,14,23H,4,6,9-10H2,1H3. The zero-order valence-electron chi connectivity index (χ0n) is 14.8. The van der Waals surface area contributed by atoms with Crippen molar-refractivity contribution in [2.24, 2.45) is 5.92 Å². The van der Waals surface area contributed by atoms with E-state index in [-0.39, 0.29) is 11.8 Å². The van der Waals surface area contributed by atoms with E-state index in [1.165, 1.54) is 0 Å². The number of carbonyl (C=O) groups is 1. The molecule has 3 aromatic rings. The molecule has 5 nitrogen and oxygen atoms in total. The molecule has 0 radical (unpaired) electrons. The predicted molar refractivity (Wildman–Crippen MR) is 95.4 cm³/mol. The number of ketones is 1. The molecule has 1 aliphatic rings. The van der Waals surface area contributed by atoms with Gasteiger partial charge in [-0.15, -0.1) is 0 Å². The van der Waals surface area contributed by atoms with Crippen molar-refractivity contribution in [3.63, 3.8) is 0 Å². The van der Waals surface area contributed by atoms with E-state index in [0.29, 0.717) is 18.7 Å². The van der Waals surface area contributed by atoms with Crippen LogP contribution in [0.25, 0.3) is 21.9 Å². The molecule has 0 saturated carbocycles. The highest BCUT2D eigenvalue weighted by atomic mass is 19.4. The van der Waals surface area contributed by atoms with Gasteiger partial charge in [0.25, 0.3) is 0 Å². The van der Waals surface area contributed by atoms with E-state index in [0.717, 1.165) is 28.3 Å². The molecule has 1 aliphatic heterocycles. The first-order chi connectivity index (χ1) is 12.8. The van der Waals surface area contributed by atoms with Crippen molar-refractivity contribution in [3.05, 3.63) is 36.3 Å². The van der Waals surface area contributed by atoms with E-state index in [2.05, 4.69) is 21.9 Å². The number of alkyl halides is 3. The molecule has 0 spiro atoms. The van der Waals surface area contributed by atoms with Gasteiger partial charge in [-0.2, -0.15) is 13.2 Å². The summed E-state index contributed by atoms with van der Waals surface area (Å²) in [6.45, 7) is 2.39. The summed E-state index contributed by atoms with van der Waals surface area (Å²) in [6.07, 6.45) is 1.27. The fraction of sp³-hybridized carbons (Fsp3) is 0.421. The molecule has 4 heterocycles. The number of rotatable bonds is 3. The van der Waals surface area contributed by atoms with Gasteiger partial charge in [0.2, 0.25) is 5.78 Å². The van der Waals surface area contributed by atoms with Crippen LogP contribution in [0.1, 0.15) is 24.8 Å². The van der Waals surface area contributed by atoms with Crippen LogP contribution in [0.5, 0.6) is 0 Å². The summed E-state index contributed by atoms with van der Waals surface area (Å²) in [5, 5.41) is 1.93. The molecule has 27 heavy (non-hydrogen) atoms. The van der Waals surface area contributed by atoms with Crippen molar-refractivity contribution >= 4 is 27.7 Å². The first-order valence-electron chi connectivity index (χ1n) is 8.87. The number of nitrogens with one attached hydrogen (secondary N) is 1. The maximum Gasteiger partial charge on any atom is 0.451 e. The molecular weight excluding hydrogens is 357 g/mol. The number of halogens is 3. The van der Waals surface area contributed by atoms with Gasteiger partial charge in [-0.3, -0.25) is 9.69 Å². The summed E-state index contributed by atoms with van der Waals surface area (Å²) in [5.41, 5.74) is 2.50. The lowest BCUT2D eigenvalue weighted by Crippen LogP contribution is -2.44. The maximum atomic E-state index is 12.6. The SMILES string of the molecule is CC1CCN(CC(=O)C(F)(F)F)CC1c1cnc2ncc3[nH]cccc3c12. The number of piperidine rings is 1. The van der Waals surface area contributed by atoms with E-state index in [1.54, 1.807) is 17.3 Å². The number of nitrogens with zero attached hydrogens (tertiary/aromatic N) is 3. The first-order valence-corrected chi connectivity index (χ1v) is 8.87. The normalized spacial score (nSPS) is 21.8. The molecule has 1 fully saturated rings. The molecule has 0 aliphatic carbocycles. The molecule has 2 unspecified atom stereocenters. The smallest absolute Gasteiger partial charge is 0.360 e. The predicted octanol–water partition coefficient (Wildman–Crippen LogP) is 3.67. The molecule has 1 saturated heterocycles. The second-order valence-corrected chi connectivity index (χ2v) is 7.20. The van der Waals surface area contributed by atoms with Crippen LogP contribution in [0, 0.1) is 5.92 Å². The minimum Gasteiger partial charge on any atom is -0.360 e. The highest BCUT2D eigenvalue weighted by Crippen LogP contribution is 2.38. The van der Waals surface area contributed by atoms with Crippen molar-refractivity contribution in [1.29, 1.82) is 0 Å². The lowest BCUT2D eigenvalue weighted by atomic mass is 9.81. The summed E-state index contributed by atoms with van der Waals surface area (Å²) in [5.74, 6) is -1.42. The molecule has 1 N–H and O–H groups in total. The maximum absolute atomic E-state index is 12.6. The zero-order valence-corrected chi connectivity index (χ0v) is 14.8. The highest BCUT2D eigenvalue weighted by molar-refractivity contribution is 6.05. The number of pyridine rings is 2. The van der Waals surface area contributed by atoms with Crippen LogP contribution < -0.4 is 0 Å². The van der Waals surface area contributed by atoms with E-state index in [1.807, 2.05) is 18.3 Å². The number of H-pyrrole nitrogens is 1. The molecular formula is C19H19F3N4O. The third kappa shape index (κ3) is 3.29. The van der Waals surface area contributed by atoms with E-state index < -0.39 is 18.5 Å². The molecule has 142 valence electrons. The Balaban J connectivity index is 1.69. The number of Topliss-reactive ketones (excluding diaryl/α,β-unsaturated/α-hetero) is 1. The monoisotopic (exact) mass is 376 g/mol. The number of hydrogen-bond donors (Lipinski definition) is 1. The largest absolute Gasteiger partial charge is 0.451 e. The Labute approximate surface area is 153 Å². The topological polar surface area (TPSA) is 61.9 Å². The minimum atomic E-state index is -4.79. The van der Waals surface area contributed by atoms with Gasteiger partial charge in [-0.25, -0.2) is 9.97 Å². The molecule has 2 atom stereocenters. The van der Waals surface area contributed by atoms with Crippen LogP contribution in [-0.4, -0.2) is 51.4 Å². The average molecular weight is 376 g/mol. The zero-order chi connectivity index (χ0) is 19.2. The fourth-order valence-electron chi connectivity index (χ4n) is 3.92. The van der Waals surface area contributed by atoms with Crippen LogP contribution in [0.4, 0.5) is 13.2 Å². The van der Waals surface area contributed by atoms with Gasteiger partial charge < -0.3 is 4.98 Å². The Morgan fingerprint density at radius 3 is 2.89 bits per heavy atom. The van der Waals surface area contributed by atoms with Crippen LogP contribution in [0.3, 0.4) is 0 Å². The van der Waals surface area contributed by atoms with Crippen molar-refractivity contribution in [2.75, 3.05) is 19.6 Å². The van der Waals surface area contributed by atoms with Gasteiger partial charge in [0.1, 0.15) is 0 Å². The molecule has 0 bridgehead atoms. The van der Waals surface area contributed by atoms with Gasteiger partial charge in [-0.05, 0) is 30.5 Å². The summed E-state index contributed by atoms with van der Waals surface area (Å²) in [7, 11) is 0. The van der Waals surface area contributed by atoms with Crippen LogP contribution in [0.2, 0.25) is 0 Å². The fourth-order valence-corrected chi connectivity index (χ4v) is 3.92.